The van der Waals surface area contributed by atoms with E-state index in [0.29, 0.717) is 18.8 Å². The van der Waals surface area contributed by atoms with Crippen LogP contribution in [0.25, 0.3) is 0 Å². The van der Waals surface area contributed by atoms with Crippen molar-refractivity contribution in [1.29, 1.82) is 0 Å². The largest absolute Gasteiger partial charge is 0.386 e. The van der Waals surface area contributed by atoms with Crippen molar-refractivity contribution in [2.75, 3.05) is 0 Å². The van der Waals surface area contributed by atoms with Crippen molar-refractivity contribution in [2.24, 2.45) is 11.3 Å². The highest BCUT2D eigenvalue weighted by atomic mass is 79.9. The molecule has 0 amide bonds. The number of hydrogen-bond acceptors (Lipinski definition) is 2. The van der Waals surface area contributed by atoms with Crippen LogP contribution >= 0.6 is 27.5 Å². The van der Waals surface area contributed by atoms with Gasteiger partial charge in [0.2, 0.25) is 0 Å². The van der Waals surface area contributed by atoms with Crippen LogP contribution < -0.4 is 0 Å². The molecule has 2 nitrogen and oxygen atoms in total. The molecule has 19 heavy (non-hydrogen) atoms. The summed E-state index contributed by atoms with van der Waals surface area (Å²) in [5.41, 5.74) is -1.14. The summed E-state index contributed by atoms with van der Waals surface area (Å²) in [4.78, 5) is -0.215. The van der Waals surface area contributed by atoms with Gasteiger partial charge in [0.25, 0.3) is 0 Å². The van der Waals surface area contributed by atoms with Crippen molar-refractivity contribution >= 4 is 27.5 Å². The maximum absolute atomic E-state index is 11.4. The smallest absolute Gasteiger partial charge is 0.100 e. The van der Waals surface area contributed by atoms with E-state index in [1.807, 2.05) is 6.92 Å². The monoisotopic (exact) mass is 350 g/mol. The van der Waals surface area contributed by atoms with Crippen LogP contribution in [-0.2, 0) is 4.74 Å². The van der Waals surface area contributed by atoms with Gasteiger partial charge < -0.3 is 9.84 Å². The average Bonchev–Trinajstić information content (AvgIpc) is 2.60. The van der Waals surface area contributed by atoms with Gasteiger partial charge in [0.1, 0.15) is 5.60 Å². The van der Waals surface area contributed by atoms with Crippen LogP contribution in [0, 0.1) is 11.3 Å². The van der Waals surface area contributed by atoms with Gasteiger partial charge in [0, 0.05) is 10.2 Å². The van der Waals surface area contributed by atoms with Gasteiger partial charge in [-0.2, -0.15) is 0 Å². The first kappa shape index (κ1) is 14.6. The molecule has 0 aromatic carbocycles. The van der Waals surface area contributed by atoms with E-state index < -0.39 is 5.60 Å². The molecule has 0 unspecified atom stereocenters. The lowest BCUT2D eigenvalue weighted by Crippen LogP contribution is -2.60. The van der Waals surface area contributed by atoms with Crippen molar-refractivity contribution in [3.63, 3.8) is 0 Å². The van der Waals surface area contributed by atoms with Crippen LogP contribution in [0.15, 0.2) is 0 Å². The first-order valence-electron chi connectivity index (χ1n) is 7.30. The van der Waals surface area contributed by atoms with Crippen LogP contribution in [0.4, 0.5) is 0 Å². The second kappa shape index (κ2) is 3.91. The topological polar surface area (TPSA) is 29.5 Å². The third-order valence-corrected chi connectivity index (χ3v) is 8.73. The van der Waals surface area contributed by atoms with Gasteiger partial charge in [-0.1, -0.05) is 29.8 Å². The van der Waals surface area contributed by atoms with E-state index in [1.165, 1.54) is 0 Å². The summed E-state index contributed by atoms with van der Waals surface area (Å²) in [7, 11) is 0. The Balaban J connectivity index is 2.04. The molecule has 0 spiro atoms. The third kappa shape index (κ3) is 1.56. The molecule has 0 bridgehead atoms. The highest BCUT2D eigenvalue weighted by molar-refractivity contribution is 9.09. The Morgan fingerprint density at radius 2 is 1.89 bits per heavy atom. The molecule has 2 aliphatic carbocycles. The van der Waals surface area contributed by atoms with E-state index in [4.69, 9.17) is 16.3 Å². The number of aliphatic hydroxyl groups is 1. The maximum Gasteiger partial charge on any atom is 0.100 e. The van der Waals surface area contributed by atoms with E-state index in [9.17, 15) is 5.11 Å². The van der Waals surface area contributed by atoms with Gasteiger partial charge in [-0.15, -0.1) is 11.6 Å². The highest BCUT2D eigenvalue weighted by Crippen LogP contribution is 2.68. The fraction of sp³-hybridized carbons (Fsp3) is 1.00. The Labute approximate surface area is 129 Å². The number of hydrogen-bond donors (Lipinski definition) is 1. The van der Waals surface area contributed by atoms with Crippen molar-refractivity contribution < 1.29 is 9.84 Å². The van der Waals surface area contributed by atoms with Gasteiger partial charge in [0.15, 0.2) is 0 Å². The zero-order valence-corrected chi connectivity index (χ0v) is 14.5. The predicted molar refractivity (Wildman–Crippen MR) is 80.9 cm³/mol. The molecule has 0 aromatic heterocycles. The lowest BCUT2D eigenvalue weighted by Gasteiger charge is -2.50. The van der Waals surface area contributed by atoms with E-state index in [0.717, 1.165) is 12.8 Å². The first-order chi connectivity index (χ1) is 8.57. The summed E-state index contributed by atoms with van der Waals surface area (Å²) in [5.74, 6) is 0.488. The van der Waals surface area contributed by atoms with E-state index in [2.05, 4.69) is 36.7 Å². The number of alkyl halides is 2. The predicted octanol–water partition coefficient (Wildman–Crippen LogP) is 3.87. The van der Waals surface area contributed by atoms with Crippen LogP contribution in [-0.4, -0.2) is 32.1 Å². The Hall–Kier alpha value is 0.690. The van der Waals surface area contributed by atoms with Gasteiger partial charge in [-0.3, -0.25) is 0 Å². The number of rotatable bonds is 0. The summed E-state index contributed by atoms with van der Waals surface area (Å²) in [6.07, 6.45) is 3.42. The third-order valence-electron chi connectivity index (χ3n) is 6.72. The number of fused-ring (bicyclic) bond motifs is 3. The summed E-state index contributed by atoms with van der Waals surface area (Å²) < 4.78 is 6.42. The summed E-state index contributed by atoms with van der Waals surface area (Å²) in [5, 5.41) is 11.4. The Morgan fingerprint density at radius 3 is 2.53 bits per heavy atom. The second-order valence-corrected chi connectivity index (χ2v) is 9.53. The minimum atomic E-state index is -0.755. The minimum Gasteiger partial charge on any atom is -0.386 e. The second-order valence-electron chi connectivity index (χ2n) is 7.56. The van der Waals surface area contributed by atoms with Crippen LogP contribution in [0.5, 0.6) is 0 Å². The lowest BCUT2D eigenvalue weighted by atomic mass is 9.59. The van der Waals surface area contributed by atoms with Gasteiger partial charge in [-0.25, -0.2) is 0 Å². The average molecular weight is 352 g/mol. The van der Waals surface area contributed by atoms with Gasteiger partial charge in [-0.05, 0) is 45.4 Å². The zero-order chi connectivity index (χ0) is 14.3. The molecule has 3 fully saturated rings. The van der Waals surface area contributed by atoms with Crippen molar-refractivity contribution in [3.8, 4) is 0 Å². The molecule has 3 rings (SSSR count). The molecule has 7 atom stereocenters. The van der Waals surface area contributed by atoms with Crippen LogP contribution in [0.2, 0.25) is 0 Å². The molecule has 110 valence electrons. The first-order valence-corrected chi connectivity index (χ1v) is 8.59. The molecule has 1 N–H and O–H groups in total. The van der Waals surface area contributed by atoms with Crippen molar-refractivity contribution in [1.82, 2.24) is 0 Å². The molecule has 2 saturated carbocycles. The molecule has 4 heteroatoms. The number of halogens is 2. The van der Waals surface area contributed by atoms with E-state index in [1.54, 1.807) is 0 Å². The Morgan fingerprint density at radius 1 is 1.26 bits per heavy atom. The SMILES string of the molecule is C[C@H]1CC[C@]2(C)[C@@]3(O)C[C@H](Br)[C@@](C)(Cl)C[C@H]3O[C@]12C. The fourth-order valence-corrected chi connectivity index (χ4v) is 5.65. The summed E-state index contributed by atoms with van der Waals surface area (Å²) >= 11 is 10.3. The quantitative estimate of drug-likeness (QED) is 0.671. The molecule has 0 radical (unpaired) electrons. The summed E-state index contributed by atoms with van der Waals surface area (Å²) in [6.45, 7) is 8.69. The standard InChI is InChI=1S/C15H24BrClO2/c1-9-5-6-13(3)14(9,4)19-11-8-12(2,17)10(16)7-15(11,13)18/h9-11,18H,5-8H2,1-4H3/t9-,10-,11+,12-,13-,14+,15+/m0/s1. The normalized spacial score (nSPS) is 64.9. The van der Waals surface area contributed by atoms with E-state index in [-0.39, 0.29) is 26.8 Å². The van der Waals surface area contributed by atoms with Crippen LogP contribution in [0.3, 0.4) is 0 Å². The number of ether oxygens (including phenoxy) is 1. The maximum atomic E-state index is 11.4. The zero-order valence-electron chi connectivity index (χ0n) is 12.2. The van der Waals surface area contributed by atoms with Crippen LogP contribution in [0.1, 0.15) is 53.4 Å². The van der Waals surface area contributed by atoms with Gasteiger partial charge >= 0.3 is 0 Å². The molecule has 1 aliphatic heterocycles. The minimum absolute atomic E-state index is 0.126. The molecule has 0 aromatic rings. The molecule has 1 saturated heterocycles. The lowest BCUT2D eigenvalue weighted by molar-refractivity contribution is -0.112. The fourth-order valence-electron chi connectivity index (χ4n) is 4.76. The van der Waals surface area contributed by atoms with Gasteiger partial charge in [0.05, 0.1) is 16.6 Å². The molecular weight excluding hydrogens is 328 g/mol. The van der Waals surface area contributed by atoms with E-state index >= 15 is 0 Å². The van der Waals surface area contributed by atoms with Crippen molar-refractivity contribution in [3.05, 3.63) is 0 Å². The van der Waals surface area contributed by atoms with Crippen molar-refractivity contribution in [2.45, 2.75) is 80.4 Å². The Kier molecular flexibility index (Phi) is 3.01. The summed E-state index contributed by atoms with van der Waals surface area (Å²) in [6, 6.07) is 0. The molecule has 3 aliphatic rings. The highest BCUT2D eigenvalue weighted by Gasteiger charge is 2.74. The Bertz CT molecular complexity index is 415. The molecule has 1 heterocycles. The molecular formula is C15H24BrClO2.